The molecule has 0 spiro atoms. The predicted molar refractivity (Wildman–Crippen MR) is 72.9 cm³/mol. The average molecular weight is 252 g/mol. The van der Waals surface area contributed by atoms with E-state index in [0.717, 1.165) is 11.1 Å². The quantitative estimate of drug-likeness (QED) is 0.820. The normalized spacial score (nSPS) is 9.63. The van der Waals surface area contributed by atoms with E-state index < -0.39 is 5.97 Å². The van der Waals surface area contributed by atoms with E-state index in [2.05, 4.69) is 16.2 Å². The van der Waals surface area contributed by atoms with E-state index in [0.29, 0.717) is 12.2 Å². The standard InChI is InChI=1S/C15H12N2O2/c1-2-11-3-5-12(6-4-11)9-17-14-10-16-8-7-13(14)15(18)19/h1,3-8,10,17H,9H2,(H,18,19). The first kappa shape index (κ1) is 12.7. The number of aromatic carboxylic acids is 1. The molecule has 1 heterocycles. The third kappa shape index (κ3) is 3.11. The molecule has 0 aliphatic heterocycles. The molecule has 0 saturated heterocycles. The van der Waals surface area contributed by atoms with Crippen molar-refractivity contribution < 1.29 is 9.90 Å². The lowest BCUT2D eigenvalue weighted by molar-refractivity contribution is 0.0698. The summed E-state index contributed by atoms with van der Waals surface area (Å²) in [4.78, 5) is 14.9. The number of rotatable bonds is 4. The molecule has 2 rings (SSSR count). The Hall–Kier alpha value is -2.80. The first-order chi connectivity index (χ1) is 9.20. The summed E-state index contributed by atoms with van der Waals surface area (Å²) in [6.07, 6.45) is 8.23. The topological polar surface area (TPSA) is 62.2 Å². The van der Waals surface area contributed by atoms with Crippen LogP contribution in [0.4, 0.5) is 5.69 Å². The van der Waals surface area contributed by atoms with Crippen molar-refractivity contribution in [2.45, 2.75) is 6.54 Å². The van der Waals surface area contributed by atoms with E-state index in [1.165, 1.54) is 18.5 Å². The van der Waals surface area contributed by atoms with Gasteiger partial charge in [-0.1, -0.05) is 18.1 Å². The minimum absolute atomic E-state index is 0.204. The molecule has 0 saturated carbocycles. The molecule has 0 bridgehead atoms. The molecule has 0 atom stereocenters. The molecule has 0 aliphatic rings. The Morgan fingerprint density at radius 2 is 2.05 bits per heavy atom. The molecule has 4 heteroatoms. The zero-order chi connectivity index (χ0) is 13.7. The maximum absolute atomic E-state index is 11.0. The van der Waals surface area contributed by atoms with Gasteiger partial charge in [-0.15, -0.1) is 6.42 Å². The maximum atomic E-state index is 11.0. The van der Waals surface area contributed by atoms with Crippen molar-refractivity contribution in [1.82, 2.24) is 4.98 Å². The molecule has 0 unspecified atom stereocenters. The van der Waals surface area contributed by atoms with Crippen LogP contribution in [-0.2, 0) is 6.54 Å². The number of carboxylic acids is 1. The molecule has 19 heavy (non-hydrogen) atoms. The number of hydrogen-bond acceptors (Lipinski definition) is 3. The minimum Gasteiger partial charge on any atom is -0.478 e. The lowest BCUT2D eigenvalue weighted by Gasteiger charge is -2.08. The SMILES string of the molecule is C#Cc1ccc(CNc2cnccc2C(=O)O)cc1. The fourth-order valence-corrected chi connectivity index (χ4v) is 1.64. The lowest BCUT2D eigenvalue weighted by atomic mass is 10.1. The Morgan fingerprint density at radius 1 is 1.32 bits per heavy atom. The van der Waals surface area contributed by atoms with Crippen molar-refractivity contribution in [2.24, 2.45) is 0 Å². The molecule has 1 aromatic heterocycles. The number of carbonyl (C=O) groups is 1. The van der Waals surface area contributed by atoms with Crippen LogP contribution in [0.3, 0.4) is 0 Å². The van der Waals surface area contributed by atoms with Crippen LogP contribution in [0.1, 0.15) is 21.5 Å². The molecule has 1 aromatic carbocycles. The van der Waals surface area contributed by atoms with Crippen LogP contribution in [-0.4, -0.2) is 16.1 Å². The molecule has 94 valence electrons. The fraction of sp³-hybridized carbons (Fsp3) is 0.0667. The van der Waals surface area contributed by atoms with Gasteiger partial charge in [0.15, 0.2) is 0 Å². The summed E-state index contributed by atoms with van der Waals surface area (Å²) in [6.45, 7) is 0.511. The average Bonchev–Trinajstić information content (AvgIpc) is 2.46. The van der Waals surface area contributed by atoms with Gasteiger partial charge in [0.1, 0.15) is 0 Å². The van der Waals surface area contributed by atoms with Crippen LogP contribution >= 0.6 is 0 Å². The van der Waals surface area contributed by atoms with Gasteiger partial charge in [0.2, 0.25) is 0 Å². The highest BCUT2D eigenvalue weighted by Gasteiger charge is 2.08. The number of benzene rings is 1. The van der Waals surface area contributed by atoms with Gasteiger partial charge in [0, 0.05) is 18.3 Å². The Balaban J connectivity index is 2.10. The molecule has 2 N–H and O–H groups in total. The number of nitrogens with zero attached hydrogens (tertiary/aromatic N) is 1. The van der Waals surface area contributed by atoms with Gasteiger partial charge in [-0.25, -0.2) is 4.79 Å². The number of pyridine rings is 1. The van der Waals surface area contributed by atoms with Gasteiger partial charge < -0.3 is 10.4 Å². The molecule has 4 nitrogen and oxygen atoms in total. The van der Waals surface area contributed by atoms with Crippen LogP contribution < -0.4 is 5.32 Å². The van der Waals surface area contributed by atoms with E-state index in [1.54, 1.807) is 0 Å². The third-order valence-corrected chi connectivity index (χ3v) is 2.66. The second kappa shape index (κ2) is 5.69. The van der Waals surface area contributed by atoms with Crippen LogP contribution in [0.15, 0.2) is 42.7 Å². The Kier molecular flexibility index (Phi) is 3.79. The van der Waals surface area contributed by atoms with Gasteiger partial charge in [0.05, 0.1) is 17.4 Å². The number of terminal acetylenes is 1. The first-order valence-corrected chi connectivity index (χ1v) is 5.67. The van der Waals surface area contributed by atoms with Crippen molar-refractivity contribution in [2.75, 3.05) is 5.32 Å². The van der Waals surface area contributed by atoms with Gasteiger partial charge in [-0.05, 0) is 23.8 Å². The summed E-state index contributed by atoms with van der Waals surface area (Å²) in [7, 11) is 0. The van der Waals surface area contributed by atoms with Crippen LogP contribution in [0.5, 0.6) is 0 Å². The van der Waals surface area contributed by atoms with Crippen molar-refractivity contribution in [3.05, 3.63) is 59.4 Å². The second-order valence-electron chi connectivity index (χ2n) is 3.92. The van der Waals surface area contributed by atoms with Crippen molar-refractivity contribution in [1.29, 1.82) is 0 Å². The predicted octanol–water partition coefficient (Wildman–Crippen LogP) is 2.37. The molecule has 0 fully saturated rings. The highest BCUT2D eigenvalue weighted by atomic mass is 16.4. The largest absolute Gasteiger partial charge is 0.478 e. The highest BCUT2D eigenvalue weighted by Crippen LogP contribution is 2.14. The Morgan fingerprint density at radius 3 is 2.68 bits per heavy atom. The van der Waals surface area contributed by atoms with E-state index >= 15 is 0 Å². The molecular formula is C15H12N2O2. The molecule has 0 aliphatic carbocycles. The number of anilines is 1. The highest BCUT2D eigenvalue weighted by molar-refractivity contribution is 5.93. The summed E-state index contributed by atoms with van der Waals surface area (Å²) in [5, 5.41) is 12.1. The van der Waals surface area contributed by atoms with E-state index in [-0.39, 0.29) is 5.56 Å². The van der Waals surface area contributed by atoms with Crippen molar-refractivity contribution >= 4 is 11.7 Å². The fourth-order valence-electron chi connectivity index (χ4n) is 1.64. The summed E-state index contributed by atoms with van der Waals surface area (Å²) in [5.74, 6) is 1.56. The van der Waals surface area contributed by atoms with Crippen molar-refractivity contribution in [3.8, 4) is 12.3 Å². The summed E-state index contributed by atoms with van der Waals surface area (Å²) in [5.41, 5.74) is 2.53. The van der Waals surface area contributed by atoms with Gasteiger partial charge in [-0.3, -0.25) is 4.98 Å². The zero-order valence-corrected chi connectivity index (χ0v) is 10.1. The van der Waals surface area contributed by atoms with Crippen molar-refractivity contribution in [3.63, 3.8) is 0 Å². The van der Waals surface area contributed by atoms with Gasteiger partial charge in [-0.2, -0.15) is 0 Å². The second-order valence-corrected chi connectivity index (χ2v) is 3.92. The van der Waals surface area contributed by atoms with E-state index in [1.807, 2.05) is 24.3 Å². The Bertz CT molecular complexity index is 627. The minimum atomic E-state index is -0.979. The molecule has 0 amide bonds. The summed E-state index contributed by atoms with van der Waals surface area (Å²) >= 11 is 0. The van der Waals surface area contributed by atoms with E-state index in [4.69, 9.17) is 11.5 Å². The van der Waals surface area contributed by atoms with E-state index in [9.17, 15) is 4.79 Å². The number of hydrogen-bond donors (Lipinski definition) is 2. The monoisotopic (exact) mass is 252 g/mol. The number of aromatic nitrogens is 1. The number of carboxylic acid groups (broad SMARTS) is 1. The van der Waals surface area contributed by atoms with Crippen LogP contribution in [0.25, 0.3) is 0 Å². The molecule has 2 aromatic rings. The van der Waals surface area contributed by atoms with Gasteiger partial charge >= 0.3 is 5.97 Å². The molecular weight excluding hydrogens is 240 g/mol. The van der Waals surface area contributed by atoms with Crippen LogP contribution in [0.2, 0.25) is 0 Å². The zero-order valence-electron chi connectivity index (χ0n) is 10.1. The summed E-state index contributed by atoms with van der Waals surface area (Å²) in [6, 6.07) is 8.96. The summed E-state index contributed by atoms with van der Waals surface area (Å²) < 4.78 is 0. The smallest absolute Gasteiger partial charge is 0.337 e. The third-order valence-electron chi connectivity index (χ3n) is 2.66. The van der Waals surface area contributed by atoms with Gasteiger partial charge in [0.25, 0.3) is 0 Å². The lowest BCUT2D eigenvalue weighted by Crippen LogP contribution is -2.06. The maximum Gasteiger partial charge on any atom is 0.337 e. The number of nitrogens with one attached hydrogen (secondary N) is 1. The Labute approximate surface area is 111 Å². The first-order valence-electron chi connectivity index (χ1n) is 5.67. The molecule has 0 radical (unpaired) electrons. The van der Waals surface area contributed by atoms with Crippen LogP contribution in [0, 0.1) is 12.3 Å².